The van der Waals surface area contributed by atoms with Crippen LogP contribution < -0.4 is 5.32 Å². The van der Waals surface area contributed by atoms with E-state index in [1.165, 1.54) is 0 Å². The molecule has 0 bridgehead atoms. The van der Waals surface area contributed by atoms with E-state index < -0.39 is 0 Å². The molecule has 0 aliphatic heterocycles. The number of aromatic nitrogens is 2. The number of H-pyrrole nitrogens is 1. The fraction of sp³-hybridized carbons (Fsp3) is 0.0476. The Morgan fingerprint density at radius 3 is 2.63 bits per heavy atom. The van der Waals surface area contributed by atoms with Crippen molar-refractivity contribution in [2.24, 2.45) is 0 Å². The molecule has 3 aromatic carbocycles. The summed E-state index contributed by atoms with van der Waals surface area (Å²) in [5, 5.41) is 3.85. The number of halogens is 2. The predicted molar refractivity (Wildman–Crippen MR) is 110 cm³/mol. The summed E-state index contributed by atoms with van der Waals surface area (Å²) in [4.78, 5) is 20.1. The van der Waals surface area contributed by atoms with Gasteiger partial charge in [0, 0.05) is 11.3 Å². The first kappa shape index (κ1) is 17.6. The van der Waals surface area contributed by atoms with Gasteiger partial charge in [0.05, 0.1) is 27.5 Å². The summed E-state index contributed by atoms with van der Waals surface area (Å²) in [6.07, 6.45) is 0.325. The molecule has 134 valence electrons. The van der Waals surface area contributed by atoms with Crippen molar-refractivity contribution >= 4 is 45.8 Å². The van der Waals surface area contributed by atoms with Crippen LogP contribution in [0.5, 0.6) is 0 Å². The molecule has 0 unspecified atom stereocenters. The summed E-state index contributed by atoms with van der Waals surface area (Å²) >= 11 is 12.4. The highest BCUT2D eigenvalue weighted by Gasteiger charge is 2.12. The first-order valence-electron chi connectivity index (χ1n) is 8.38. The van der Waals surface area contributed by atoms with Gasteiger partial charge in [-0.1, -0.05) is 59.6 Å². The van der Waals surface area contributed by atoms with Crippen molar-refractivity contribution in [1.29, 1.82) is 0 Å². The van der Waals surface area contributed by atoms with Crippen LogP contribution in [-0.2, 0) is 11.2 Å². The highest BCUT2D eigenvalue weighted by Crippen LogP contribution is 2.33. The zero-order chi connectivity index (χ0) is 18.8. The first-order chi connectivity index (χ1) is 13.1. The molecule has 1 aromatic heterocycles. The molecular weight excluding hydrogens is 381 g/mol. The van der Waals surface area contributed by atoms with Gasteiger partial charge in [0.1, 0.15) is 5.82 Å². The van der Waals surface area contributed by atoms with E-state index in [1.807, 2.05) is 60.7 Å². The SMILES string of the molecule is O=C(Cc1ccccc1)Nc1ccc2nc(-c3cccc(Cl)c3Cl)[nH]c2c1. The van der Waals surface area contributed by atoms with Gasteiger partial charge in [-0.3, -0.25) is 4.79 Å². The Labute approximate surface area is 166 Å². The van der Waals surface area contributed by atoms with Crippen LogP contribution >= 0.6 is 23.2 Å². The van der Waals surface area contributed by atoms with E-state index >= 15 is 0 Å². The number of fused-ring (bicyclic) bond motifs is 1. The van der Waals surface area contributed by atoms with Crippen molar-refractivity contribution < 1.29 is 4.79 Å². The lowest BCUT2D eigenvalue weighted by Crippen LogP contribution is -2.14. The Morgan fingerprint density at radius 1 is 1.00 bits per heavy atom. The molecule has 0 saturated carbocycles. The lowest BCUT2D eigenvalue weighted by atomic mass is 10.1. The molecule has 4 rings (SSSR count). The van der Waals surface area contributed by atoms with Crippen molar-refractivity contribution in [3.05, 3.63) is 82.3 Å². The number of aromatic amines is 1. The quantitative estimate of drug-likeness (QED) is 0.464. The van der Waals surface area contributed by atoms with Gasteiger partial charge in [-0.2, -0.15) is 0 Å². The number of anilines is 1. The van der Waals surface area contributed by atoms with Crippen molar-refractivity contribution in [1.82, 2.24) is 9.97 Å². The van der Waals surface area contributed by atoms with Gasteiger partial charge in [-0.25, -0.2) is 4.98 Å². The molecule has 0 spiro atoms. The molecule has 2 N–H and O–H groups in total. The highest BCUT2D eigenvalue weighted by atomic mass is 35.5. The zero-order valence-electron chi connectivity index (χ0n) is 14.2. The molecule has 0 aliphatic rings. The predicted octanol–water partition coefficient (Wildman–Crippen LogP) is 5.72. The van der Waals surface area contributed by atoms with Crippen molar-refractivity contribution in [2.75, 3.05) is 5.32 Å². The summed E-state index contributed by atoms with van der Waals surface area (Å²) < 4.78 is 0. The van der Waals surface area contributed by atoms with Crippen LogP contribution in [0.2, 0.25) is 10.0 Å². The second kappa shape index (κ2) is 7.43. The van der Waals surface area contributed by atoms with Crippen LogP contribution in [0.3, 0.4) is 0 Å². The number of hydrogen-bond acceptors (Lipinski definition) is 2. The van der Waals surface area contributed by atoms with Crippen molar-refractivity contribution in [2.45, 2.75) is 6.42 Å². The van der Waals surface area contributed by atoms with Gasteiger partial charge in [0.2, 0.25) is 5.91 Å². The maximum atomic E-state index is 12.3. The van der Waals surface area contributed by atoms with E-state index in [-0.39, 0.29) is 5.91 Å². The maximum Gasteiger partial charge on any atom is 0.228 e. The van der Waals surface area contributed by atoms with Crippen LogP contribution in [0.1, 0.15) is 5.56 Å². The Kier molecular flexibility index (Phi) is 4.84. The molecule has 0 aliphatic carbocycles. The topological polar surface area (TPSA) is 57.8 Å². The lowest BCUT2D eigenvalue weighted by Gasteiger charge is -2.05. The number of imidazole rings is 1. The minimum atomic E-state index is -0.0711. The minimum Gasteiger partial charge on any atom is -0.338 e. The summed E-state index contributed by atoms with van der Waals surface area (Å²) in [6, 6.07) is 20.6. The van der Waals surface area contributed by atoms with E-state index in [0.29, 0.717) is 28.0 Å². The Hall–Kier alpha value is -2.82. The standard InChI is InChI=1S/C21H15Cl2N3O/c22-16-8-4-7-15(20(16)23)21-25-17-10-9-14(12-18(17)26-21)24-19(27)11-13-5-2-1-3-6-13/h1-10,12H,11H2,(H,24,27)(H,25,26). The van der Waals surface area contributed by atoms with Crippen LogP contribution in [0.25, 0.3) is 22.4 Å². The molecule has 1 amide bonds. The largest absolute Gasteiger partial charge is 0.338 e. The number of benzene rings is 3. The second-order valence-corrected chi connectivity index (χ2v) is 6.91. The molecule has 4 aromatic rings. The van der Waals surface area contributed by atoms with Crippen LogP contribution in [0.4, 0.5) is 5.69 Å². The molecule has 6 heteroatoms. The third kappa shape index (κ3) is 3.82. The van der Waals surface area contributed by atoms with Gasteiger partial charge in [0.15, 0.2) is 0 Å². The number of carbonyl (C=O) groups is 1. The summed E-state index contributed by atoms with van der Waals surface area (Å²) in [7, 11) is 0. The van der Waals surface area contributed by atoms with Gasteiger partial charge in [0.25, 0.3) is 0 Å². The van der Waals surface area contributed by atoms with Gasteiger partial charge in [-0.05, 0) is 35.9 Å². The maximum absolute atomic E-state index is 12.3. The number of rotatable bonds is 4. The number of hydrogen-bond donors (Lipinski definition) is 2. The fourth-order valence-electron chi connectivity index (χ4n) is 2.89. The van der Waals surface area contributed by atoms with E-state index in [4.69, 9.17) is 23.2 Å². The number of carbonyl (C=O) groups excluding carboxylic acids is 1. The zero-order valence-corrected chi connectivity index (χ0v) is 15.7. The number of nitrogens with zero attached hydrogens (tertiary/aromatic N) is 1. The molecule has 4 nitrogen and oxygen atoms in total. The first-order valence-corrected chi connectivity index (χ1v) is 9.14. The Morgan fingerprint density at radius 2 is 1.81 bits per heavy atom. The molecular formula is C21H15Cl2N3O. The van der Waals surface area contributed by atoms with E-state index in [0.717, 1.165) is 22.2 Å². The normalized spacial score (nSPS) is 10.9. The molecule has 1 heterocycles. The van der Waals surface area contributed by atoms with Crippen LogP contribution in [0.15, 0.2) is 66.7 Å². The third-order valence-corrected chi connectivity index (χ3v) is 5.00. The molecule has 27 heavy (non-hydrogen) atoms. The monoisotopic (exact) mass is 395 g/mol. The number of amides is 1. The van der Waals surface area contributed by atoms with E-state index in [9.17, 15) is 4.79 Å². The van der Waals surface area contributed by atoms with Crippen molar-refractivity contribution in [3.8, 4) is 11.4 Å². The third-order valence-electron chi connectivity index (χ3n) is 4.18. The minimum absolute atomic E-state index is 0.0711. The van der Waals surface area contributed by atoms with E-state index in [1.54, 1.807) is 6.07 Å². The molecule has 0 saturated heterocycles. The fourth-order valence-corrected chi connectivity index (χ4v) is 3.28. The average molecular weight is 396 g/mol. The number of nitrogens with one attached hydrogen (secondary N) is 2. The molecule has 0 atom stereocenters. The van der Waals surface area contributed by atoms with E-state index in [2.05, 4.69) is 15.3 Å². The lowest BCUT2D eigenvalue weighted by molar-refractivity contribution is -0.115. The molecule has 0 radical (unpaired) electrons. The van der Waals surface area contributed by atoms with Gasteiger partial charge >= 0.3 is 0 Å². The average Bonchev–Trinajstić information content (AvgIpc) is 3.07. The smallest absolute Gasteiger partial charge is 0.228 e. The highest BCUT2D eigenvalue weighted by molar-refractivity contribution is 6.43. The summed E-state index contributed by atoms with van der Waals surface area (Å²) in [6.45, 7) is 0. The molecule has 0 fully saturated rings. The Bertz CT molecular complexity index is 1120. The van der Waals surface area contributed by atoms with Gasteiger partial charge < -0.3 is 10.3 Å². The summed E-state index contributed by atoms with van der Waals surface area (Å²) in [5.41, 5.74) is 3.99. The summed E-state index contributed by atoms with van der Waals surface area (Å²) in [5.74, 6) is 0.559. The van der Waals surface area contributed by atoms with Crippen molar-refractivity contribution in [3.63, 3.8) is 0 Å². The Balaban J connectivity index is 1.57. The second-order valence-electron chi connectivity index (χ2n) is 6.13. The van der Waals surface area contributed by atoms with Crippen LogP contribution in [-0.4, -0.2) is 15.9 Å². The van der Waals surface area contributed by atoms with Gasteiger partial charge in [-0.15, -0.1) is 0 Å². The van der Waals surface area contributed by atoms with Crippen LogP contribution in [0, 0.1) is 0 Å².